The Balaban J connectivity index is 2.18. The molecule has 2 aromatic heterocycles. The highest BCUT2D eigenvalue weighted by atomic mass is 32.1. The van der Waals surface area contributed by atoms with Crippen molar-refractivity contribution < 1.29 is 0 Å². The lowest BCUT2D eigenvalue weighted by Crippen LogP contribution is -1.96. The lowest BCUT2D eigenvalue weighted by Gasteiger charge is -1.99. The molecule has 0 unspecified atom stereocenters. The summed E-state index contributed by atoms with van der Waals surface area (Å²) >= 11 is 1.71. The zero-order valence-electron chi connectivity index (χ0n) is 8.18. The van der Waals surface area contributed by atoms with Crippen molar-refractivity contribution in [3.63, 3.8) is 0 Å². The molecule has 0 amide bonds. The van der Waals surface area contributed by atoms with Crippen molar-refractivity contribution in [2.75, 3.05) is 6.54 Å². The maximum Gasteiger partial charge on any atom is 0.0949 e. The molecule has 0 saturated carbocycles. The van der Waals surface area contributed by atoms with Crippen LogP contribution in [0.25, 0.3) is 0 Å². The van der Waals surface area contributed by atoms with E-state index in [4.69, 9.17) is 5.73 Å². The van der Waals surface area contributed by atoms with Crippen LogP contribution in [0, 0.1) is 11.8 Å². The van der Waals surface area contributed by atoms with Crippen LogP contribution in [0.2, 0.25) is 0 Å². The summed E-state index contributed by atoms with van der Waals surface area (Å²) in [4.78, 5) is 5.25. The summed E-state index contributed by atoms with van der Waals surface area (Å²) in [7, 11) is 0. The third-order valence-electron chi connectivity index (χ3n) is 1.96. The van der Waals surface area contributed by atoms with Gasteiger partial charge in [-0.1, -0.05) is 11.8 Å². The molecule has 0 aliphatic rings. The second-order valence-corrected chi connectivity index (χ2v) is 4.00. The second-order valence-electron chi connectivity index (χ2n) is 3.00. The van der Waals surface area contributed by atoms with Crippen LogP contribution in [0.15, 0.2) is 30.2 Å². The zero-order chi connectivity index (χ0) is 10.5. The molecule has 0 spiro atoms. The molecule has 15 heavy (non-hydrogen) atoms. The SMILES string of the molecule is NCC#Cc1ccsc1Cn1ccnc1. The number of hydrogen-bond acceptors (Lipinski definition) is 3. The minimum absolute atomic E-state index is 0.403. The Labute approximate surface area is 92.6 Å². The van der Waals surface area contributed by atoms with Crippen LogP contribution in [0.4, 0.5) is 0 Å². The average Bonchev–Trinajstić information content (AvgIpc) is 2.87. The normalized spacial score (nSPS) is 9.67. The number of imidazole rings is 1. The minimum atomic E-state index is 0.403. The predicted octanol–water partition coefficient (Wildman–Crippen LogP) is 1.30. The van der Waals surface area contributed by atoms with Gasteiger partial charge in [-0.3, -0.25) is 0 Å². The summed E-state index contributed by atoms with van der Waals surface area (Å²) in [6.45, 7) is 1.23. The van der Waals surface area contributed by atoms with Gasteiger partial charge in [0.15, 0.2) is 0 Å². The molecule has 2 N–H and O–H groups in total. The fraction of sp³-hybridized carbons (Fsp3) is 0.182. The van der Waals surface area contributed by atoms with E-state index in [1.807, 2.05) is 22.2 Å². The minimum Gasteiger partial charge on any atom is -0.332 e. The van der Waals surface area contributed by atoms with Gasteiger partial charge in [-0.05, 0) is 11.4 Å². The van der Waals surface area contributed by atoms with Crippen LogP contribution in [-0.4, -0.2) is 16.1 Å². The Bertz CT molecular complexity index is 473. The quantitative estimate of drug-likeness (QED) is 0.771. The Hall–Kier alpha value is -1.57. The molecule has 2 aromatic rings. The predicted molar refractivity (Wildman–Crippen MR) is 61.6 cm³/mol. The summed E-state index contributed by atoms with van der Waals surface area (Å²) in [6, 6.07) is 2.03. The summed E-state index contributed by atoms with van der Waals surface area (Å²) in [5.41, 5.74) is 6.41. The molecule has 0 radical (unpaired) electrons. The number of rotatable bonds is 2. The Morgan fingerprint density at radius 3 is 3.20 bits per heavy atom. The maximum absolute atomic E-state index is 5.35. The van der Waals surface area contributed by atoms with E-state index in [1.54, 1.807) is 23.9 Å². The third kappa shape index (κ3) is 2.46. The van der Waals surface area contributed by atoms with Gasteiger partial charge in [0, 0.05) is 22.8 Å². The molecule has 0 bridgehead atoms. The smallest absolute Gasteiger partial charge is 0.0949 e. The largest absolute Gasteiger partial charge is 0.332 e. The molecular weight excluding hydrogens is 206 g/mol. The van der Waals surface area contributed by atoms with Gasteiger partial charge < -0.3 is 10.3 Å². The Morgan fingerprint density at radius 1 is 1.53 bits per heavy atom. The van der Waals surface area contributed by atoms with Crippen LogP contribution in [0.5, 0.6) is 0 Å². The van der Waals surface area contributed by atoms with E-state index in [9.17, 15) is 0 Å². The molecule has 3 nitrogen and oxygen atoms in total. The van der Waals surface area contributed by atoms with Gasteiger partial charge >= 0.3 is 0 Å². The van der Waals surface area contributed by atoms with Gasteiger partial charge in [-0.15, -0.1) is 11.3 Å². The van der Waals surface area contributed by atoms with Gasteiger partial charge in [0.1, 0.15) is 0 Å². The maximum atomic E-state index is 5.35. The van der Waals surface area contributed by atoms with E-state index in [2.05, 4.69) is 16.8 Å². The molecule has 0 atom stereocenters. The number of aromatic nitrogens is 2. The highest BCUT2D eigenvalue weighted by Crippen LogP contribution is 2.16. The summed E-state index contributed by atoms with van der Waals surface area (Å²) in [5, 5.41) is 2.05. The van der Waals surface area contributed by atoms with Gasteiger partial charge in [0.05, 0.1) is 19.4 Å². The molecule has 0 aliphatic heterocycles. The summed E-state index contributed by atoms with van der Waals surface area (Å²) in [6.07, 6.45) is 5.53. The number of nitrogens with zero attached hydrogens (tertiary/aromatic N) is 2. The molecule has 0 aliphatic carbocycles. The number of hydrogen-bond donors (Lipinski definition) is 1. The molecule has 76 valence electrons. The first-order chi connectivity index (χ1) is 7.40. The van der Waals surface area contributed by atoms with Gasteiger partial charge in [-0.2, -0.15) is 0 Å². The second kappa shape index (κ2) is 4.78. The van der Waals surface area contributed by atoms with Gasteiger partial charge in [-0.25, -0.2) is 4.98 Å². The van der Waals surface area contributed by atoms with Crippen molar-refractivity contribution in [2.24, 2.45) is 5.73 Å². The van der Waals surface area contributed by atoms with E-state index < -0.39 is 0 Å². The van der Waals surface area contributed by atoms with E-state index in [0.29, 0.717) is 6.54 Å². The number of thiophene rings is 1. The molecule has 2 rings (SSSR count). The first-order valence-corrected chi connectivity index (χ1v) is 5.49. The Morgan fingerprint density at radius 2 is 2.47 bits per heavy atom. The van der Waals surface area contributed by atoms with Crippen molar-refractivity contribution in [2.45, 2.75) is 6.54 Å². The third-order valence-corrected chi connectivity index (χ3v) is 2.86. The van der Waals surface area contributed by atoms with E-state index in [-0.39, 0.29) is 0 Å². The van der Waals surface area contributed by atoms with E-state index >= 15 is 0 Å². The Kier molecular flexibility index (Phi) is 3.18. The highest BCUT2D eigenvalue weighted by molar-refractivity contribution is 7.10. The topological polar surface area (TPSA) is 43.8 Å². The van der Waals surface area contributed by atoms with Crippen molar-refractivity contribution >= 4 is 11.3 Å². The van der Waals surface area contributed by atoms with E-state index in [1.165, 1.54) is 4.88 Å². The molecule has 0 saturated heterocycles. The fourth-order valence-electron chi connectivity index (χ4n) is 1.27. The van der Waals surface area contributed by atoms with Crippen LogP contribution in [-0.2, 0) is 6.54 Å². The monoisotopic (exact) mass is 217 g/mol. The molecular formula is C11H11N3S. The molecule has 0 aromatic carbocycles. The van der Waals surface area contributed by atoms with Crippen LogP contribution < -0.4 is 5.73 Å². The standard InChI is InChI=1S/C11H11N3S/c12-4-1-2-10-3-7-15-11(10)8-14-6-5-13-9-14/h3,5-7,9H,4,8,12H2. The first kappa shape index (κ1) is 9.97. The number of nitrogens with two attached hydrogens (primary N) is 1. The zero-order valence-corrected chi connectivity index (χ0v) is 9.00. The van der Waals surface area contributed by atoms with Crippen LogP contribution in [0.1, 0.15) is 10.4 Å². The summed E-state index contributed by atoms with van der Waals surface area (Å²) < 4.78 is 2.03. The van der Waals surface area contributed by atoms with Gasteiger partial charge in [0.25, 0.3) is 0 Å². The highest BCUT2D eigenvalue weighted by Gasteiger charge is 2.01. The first-order valence-electron chi connectivity index (χ1n) is 4.61. The molecule has 0 fully saturated rings. The van der Waals surface area contributed by atoms with Crippen molar-refractivity contribution in [3.05, 3.63) is 40.6 Å². The lowest BCUT2D eigenvalue weighted by molar-refractivity contribution is 0.808. The molecule has 2 heterocycles. The van der Waals surface area contributed by atoms with E-state index in [0.717, 1.165) is 12.1 Å². The van der Waals surface area contributed by atoms with Gasteiger partial charge in [0.2, 0.25) is 0 Å². The molecule has 4 heteroatoms. The van der Waals surface area contributed by atoms with Crippen molar-refractivity contribution in [1.29, 1.82) is 0 Å². The van der Waals surface area contributed by atoms with Crippen LogP contribution in [0.3, 0.4) is 0 Å². The average molecular weight is 217 g/mol. The van der Waals surface area contributed by atoms with Crippen molar-refractivity contribution in [3.8, 4) is 11.8 Å². The van der Waals surface area contributed by atoms with Crippen molar-refractivity contribution in [1.82, 2.24) is 9.55 Å². The summed E-state index contributed by atoms with van der Waals surface area (Å²) in [5.74, 6) is 5.94. The van der Waals surface area contributed by atoms with Crippen LogP contribution >= 0.6 is 11.3 Å². The fourth-order valence-corrected chi connectivity index (χ4v) is 2.10. The lowest BCUT2D eigenvalue weighted by atomic mass is 10.2.